The summed E-state index contributed by atoms with van der Waals surface area (Å²) >= 11 is 0. The van der Waals surface area contributed by atoms with Gasteiger partial charge in [0.25, 0.3) is 5.91 Å². The monoisotopic (exact) mass is 517 g/mol. The predicted octanol–water partition coefficient (Wildman–Crippen LogP) is 3.14. The van der Waals surface area contributed by atoms with Crippen molar-refractivity contribution in [1.82, 2.24) is 10.9 Å². The van der Waals surface area contributed by atoms with E-state index in [0.717, 1.165) is 16.7 Å². The number of hydrogen-bond donors (Lipinski definition) is 3. The van der Waals surface area contributed by atoms with Gasteiger partial charge in [0.15, 0.2) is 17.0 Å². The highest BCUT2D eigenvalue weighted by atomic mass is 16.7. The quantitative estimate of drug-likeness (QED) is 0.265. The molecule has 9 heteroatoms. The lowest BCUT2D eigenvalue weighted by Gasteiger charge is -2.28. The highest BCUT2D eigenvalue weighted by Gasteiger charge is 2.50. The molecule has 0 fully saturated rings. The number of carbonyl (C=O) groups is 1. The highest BCUT2D eigenvalue weighted by Crippen LogP contribution is 2.34. The Bertz CT molecular complexity index is 1280. The maximum Gasteiger partial charge on any atom is 0.266 e. The summed E-state index contributed by atoms with van der Waals surface area (Å²) in [6.45, 7) is 2.99. The number of fused-ring (bicyclic) bond motifs is 1. The van der Waals surface area contributed by atoms with Crippen LogP contribution in [-0.2, 0) is 22.5 Å². The summed E-state index contributed by atoms with van der Waals surface area (Å²) in [4.78, 5) is 18.6. The highest BCUT2D eigenvalue weighted by molar-refractivity contribution is 6.00. The van der Waals surface area contributed by atoms with Crippen LogP contribution < -0.4 is 25.1 Å². The molecule has 38 heavy (non-hydrogen) atoms. The zero-order valence-corrected chi connectivity index (χ0v) is 21.2. The SMILES string of the molecule is C[C@@H]1OC(c2ccc(OCCCO)cc2)=N[C@]1(Cc1ccccc1)C(=O)NNCc1ccc2c(c1)OCO2. The van der Waals surface area contributed by atoms with E-state index in [-0.39, 0.29) is 19.3 Å². The standard InChI is InChI=1S/C29H31N3O6/c1-20-29(17-21-6-3-2-4-7-21,28(34)32-30-18-22-8-13-25-26(16-22)37-19-36-25)31-27(38-20)23-9-11-24(12-10-23)35-15-5-14-33/h2-4,6-13,16,20,30,33H,5,14-15,17-19H2,1H3,(H,32,34)/t20-,29-/m0/s1. The first-order valence-electron chi connectivity index (χ1n) is 12.6. The lowest BCUT2D eigenvalue weighted by atomic mass is 9.86. The molecule has 0 saturated carbocycles. The third-order valence-corrected chi connectivity index (χ3v) is 6.58. The molecule has 2 aliphatic heterocycles. The first kappa shape index (κ1) is 25.6. The number of carbonyl (C=O) groups excluding carboxylic acids is 1. The number of hydrogen-bond acceptors (Lipinski definition) is 8. The van der Waals surface area contributed by atoms with Crippen LogP contribution in [0.5, 0.6) is 17.2 Å². The van der Waals surface area contributed by atoms with E-state index in [2.05, 4.69) is 10.9 Å². The fourth-order valence-electron chi connectivity index (χ4n) is 4.44. The Morgan fingerprint density at radius 1 is 1.05 bits per heavy atom. The summed E-state index contributed by atoms with van der Waals surface area (Å²) in [5, 5.41) is 8.94. The van der Waals surface area contributed by atoms with E-state index in [1.54, 1.807) is 0 Å². The van der Waals surface area contributed by atoms with Gasteiger partial charge in [0.1, 0.15) is 11.9 Å². The van der Waals surface area contributed by atoms with E-state index in [1.807, 2.05) is 79.7 Å². The molecule has 0 radical (unpaired) electrons. The van der Waals surface area contributed by atoms with Crippen LogP contribution in [0.25, 0.3) is 0 Å². The molecule has 0 aliphatic carbocycles. The number of aliphatic imine (C=N–C) groups is 1. The average Bonchev–Trinajstić information content (AvgIpc) is 3.54. The van der Waals surface area contributed by atoms with Crippen molar-refractivity contribution in [2.45, 2.75) is 38.0 Å². The van der Waals surface area contributed by atoms with E-state index < -0.39 is 11.6 Å². The number of ether oxygens (including phenoxy) is 4. The van der Waals surface area contributed by atoms with Crippen LogP contribution in [0, 0.1) is 0 Å². The van der Waals surface area contributed by atoms with Crippen LogP contribution in [-0.4, -0.2) is 48.6 Å². The Balaban J connectivity index is 1.33. The van der Waals surface area contributed by atoms with E-state index in [4.69, 9.17) is 29.0 Å². The van der Waals surface area contributed by atoms with Gasteiger partial charge >= 0.3 is 0 Å². The summed E-state index contributed by atoms with van der Waals surface area (Å²) in [7, 11) is 0. The van der Waals surface area contributed by atoms with E-state index in [1.165, 1.54) is 0 Å². The number of aliphatic hydroxyl groups is 1. The minimum absolute atomic E-state index is 0.0811. The molecule has 0 unspecified atom stereocenters. The molecular weight excluding hydrogens is 486 g/mol. The van der Waals surface area contributed by atoms with Gasteiger partial charge in [-0.2, -0.15) is 0 Å². The Morgan fingerprint density at radius 3 is 2.63 bits per heavy atom. The number of rotatable bonds is 11. The van der Waals surface area contributed by atoms with Crippen molar-refractivity contribution < 1.29 is 28.8 Å². The molecule has 0 aromatic heterocycles. The molecule has 2 aliphatic rings. The van der Waals surface area contributed by atoms with Gasteiger partial charge in [-0.3, -0.25) is 10.2 Å². The Labute approximate surface area is 221 Å². The third-order valence-electron chi connectivity index (χ3n) is 6.58. The molecule has 3 aromatic rings. The first-order valence-corrected chi connectivity index (χ1v) is 12.6. The number of amides is 1. The van der Waals surface area contributed by atoms with Gasteiger partial charge in [-0.25, -0.2) is 10.4 Å². The molecule has 3 aromatic carbocycles. The molecule has 198 valence electrons. The van der Waals surface area contributed by atoms with Crippen molar-refractivity contribution in [2.75, 3.05) is 20.0 Å². The summed E-state index contributed by atoms with van der Waals surface area (Å²) in [6, 6.07) is 22.8. The van der Waals surface area contributed by atoms with E-state index in [0.29, 0.717) is 49.1 Å². The normalized spacial score (nSPS) is 19.5. The Kier molecular flexibility index (Phi) is 7.76. The van der Waals surface area contributed by atoms with Gasteiger partial charge in [-0.1, -0.05) is 36.4 Å². The van der Waals surface area contributed by atoms with Crippen LogP contribution in [0.4, 0.5) is 0 Å². The zero-order valence-electron chi connectivity index (χ0n) is 21.2. The number of nitrogens with one attached hydrogen (secondary N) is 2. The Morgan fingerprint density at radius 2 is 1.84 bits per heavy atom. The van der Waals surface area contributed by atoms with Crippen LogP contribution in [0.3, 0.4) is 0 Å². The van der Waals surface area contributed by atoms with Gasteiger partial charge in [0.05, 0.1) is 6.61 Å². The molecule has 0 bridgehead atoms. The number of benzene rings is 3. The molecule has 5 rings (SSSR count). The summed E-state index contributed by atoms with van der Waals surface area (Å²) in [5.41, 5.74) is 7.38. The van der Waals surface area contributed by atoms with Crippen LogP contribution >= 0.6 is 0 Å². The minimum atomic E-state index is -1.17. The summed E-state index contributed by atoms with van der Waals surface area (Å²) < 4.78 is 22.6. The first-order chi connectivity index (χ1) is 18.6. The maximum atomic E-state index is 13.7. The predicted molar refractivity (Wildman–Crippen MR) is 141 cm³/mol. The summed E-state index contributed by atoms with van der Waals surface area (Å²) in [6.07, 6.45) is 0.429. The molecular formula is C29H31N3O6. The lowest BCUT2D eigenvalue weighted by Crippen LogP contribution is -2.55. The molecule has 3 N–H and O–H groups in total. The molecule has 0 spiro atoms. The Hall–Kier alpha value is -4.08. The van der Waals surface area contributed by atoms with Crippen molar-refractivity contribution in [3.8, 4) is 17.2 Å². The lowest BCUT2D eigenvalue weighted by molar-refractivity contribution is -0.129. The second-order valence-electron chi connectivity index (χ2n) is 9.21. The number of nitrogens with zero attached hydrogens (tertiary/aromatic N) is 1. The van der Waals surface area contributed by atoms with Crippen LogP contribution in [0.15, 0.2) is 77.8 Å². The van der Waals surface area contributed by atoms with Crippen molar-refractivity contribution in [1.29, 1.82) is 0 Å². The van der Waals surface area contributed by atoms with Crippen LogP contribution in [0.1, 0.15) is 30.0 Å². The molecule has 0 saturated heterocycles. The molecule has 1 amide bonds. The van der Waals surface area contributed by atoms with Crippen molar-refractivity contribution in [3.63, 3.8) is 0 Å². The second kappa shape index (κ2) is 11.5. The number of hydrazine groups is 1. The largest absolute Gasteiger partial charge is 0.494 e. The van der Waals surface area contributed by atoms with Gasteiger partial charge in [-0.05, 0) is 54.4 Å². The maximum absolute atomic E-state index is 13.7. The van der Waals surface area contributed by atoms with Gasteiger partial charge in [0, 0.05) is 31.6 Å². The fourth-order valence-corrected chi connectivity index (χ4v) is 4.44. The number of aliphatic hydroxyl groups excluding tert-OH is 1. The van der Waals surface area contributed by atoms with E-state index >= 15 is 0 Å². The smallest absolute Gasteiger partial charge is 0.266 e. The molecule has 9 nitrogen and oxygen atoms in total. The average molecular weight is 518 g/mol. The molecule has 2 atom stereocenters. The molecule has 2 heterocycles. The van der Waals surface area contributed by atoms with E-state index in [9.17, 15) is 4.79 Å². The zero-order chi connectivity index (χ0) is 26.4. The van der Waals surface area contributed by atoms with Gasteiger partial charge in [0.2, 0.25) is 12.7 Å². The van der Waals surface area contributed by atoms with Gasteiger partial charge < -0.3 is 24.1 Å². The van der Waals surface area contributed by atoms with Crippen molar-refractivity contribution in [3.05, 3.63) is 89.5 Å². The van der Waals surface area contributed by atoms with Crippen molar-refractivity contribution >= 4 is 11.8 Å². The summed E-state index contributed by atoms with van der Waals surface area (Å²) in [5.74, 6) is 2.21. The van der Waals surface area contributed by atoms with Crippen molar-refractivity contribution in [2.24, 2.45) is 4.99 Å². The second-order valence-corrected chi connectivity index (χ2v) is 9.21. The fraction of sp³-hybridized carbons (Fsp3) is 0.310. The van der Waals surface area contributed by atoms with Crippen LogP contribution in [0.2, 0.25) is 0 Å². The minimum Gasteiger partial charge on any atom is -0.494 e. The van der Waals surface area contributed by atoms with Gasteiger partial charge in [-0.15, -0.1) is 0 Å². The topological polar surface area (TPSA) is 111 Å². The third kappa shape index (κ3) is 5.58.